The Morgan fingerprint density at radius 2 is 1.92 bits per heavy atom. The van der Waals surface area contributed by atoms with Crippen LogP contribution in [0.15, 0.2) is 48.5 Å². The lowest BCUT2D eigenvalue weighted by Gasteiger charge is -2.29. The van der Waals surface area contributed by atoms with Crippen molar-refractivity contribution < 1.29 is 34.1 Å². The fourth-order valence-corrected chi connectivity index (χ4v) is 4.03. The Labute approximate surface area is 214 Å². The van der Waals surface area contributed by atoms with E-state index < -0.39 is 34.3 Å². The van der Waals surface area contributed by atoms with Crippen LogP contribution in [0.25, 0.3) is 0 Å². The Hall–Kier alpha value is -3.44. The zero-order valence-corrected chi connectivity index (χ0v) is 21.2. The molecule has 11 heteroatoms. The summed E-state index contributed by atoms with van der Waals surface area (Å²) in [5, 5.41) is 24.5. The van der Waals surface area contributed by atoms with E-state index in [1.807, 2.05) is 30.3 Å². The van der Waals surface area contributed by atoms with E-state index in [0.717, 1.165) is 17.3 Å². The summed E-state index contributed by atoms with van der Waals surface area (Å²) < 4.78 is 11.1. The molecule has 4 N–H and O–H groups in total. The van der Waals surface area contributed by atoms with Crippen molar-refractivity contribution in [3.63, 3.8) is 0 Å². The molecule has 3 amide bonds. The first kappa shape index (κ1) is 27.2. The smallest absolute Gasteiger partial charge is 0.410 e. The summed E-state index contributed by atoms with van der Waals surface area (Å²) in [6.07, 6.45) is -0.950. The van der Waals surface area contributed by atoms with E-state index in [2.05, 4.69) is 10.6 Å². The van der Waals surface area contributed by atoms with Gasteiger partial charge in [0.15, 0.2) is 5.37 Å². The van der Waals surface area contributed by atoms with E-state index in [1.165, 1.54) is 17.0 Å². The number of aliphatic hydroxyl groups excluding tert-OH is 1. The average Bonchev–Trinajstić information content (AvgIpc) is 3.12. The second-order valence-electron chi connectivity index (χ2n) is 9.22. The Bertz CT molecular complexity index is 1080. The Balaban J connectivity index is 1.56. The fourth-order valence-electron chi connectivity index (χ4n) is 3.31. The topological polar surface area (TPSA) is 137 Å². The molecule has 0 radical (unpaired) electrons. The minimum atomic E-state index is -1.02. The summed E-state index contributed by atoms with van der Waals surface area (Å²) in [5.41, 5.74) is 0.628. The van der Waals surface area contributed by atoms with Crippen LogP contribution in [0.5, 0.6) is 11.5 Å². The number of aromatic hydroxyl groups is 1. The van der Waals surface area contributed by atoms with Gasteiger partial charge in [-0.3, -0.25) is 14.9 Å². The number of anilines is 1. The van der Waals surface area contributed by atoms with Crippen molar-refractivity contribution in [3.05, 3.63) is 54.1 Å². The van der Waals surface area contributed by atoms with Crippen molar-refractivity contribution in [2.24, 2.45) is 0 Å². The molecule has 0 spiro atoms. The molecule has 1 saturated heterocycles. The highest BCUT2D eigenvalue weighted by Crippen LogP contribution is 2.31. The number of ether oxygens (including phenoxy) is 2. The standard InChI is InChI=1S/C25H31N3O7S/c1-25(2,3)35-24(33)28(12-11-16-7-5-4-6-8-16)14-17(29)15-34-18-9-10-19(20(30)13-18)26-22-21(31)27-23(32)36-22/h4-10,13,17,22,26,29-30H,11-12,14-15H2,1-3H3,(H,27,31,32)/t17-,22?/m0/s1. The molecule has 2 atom stereocenters. The van der Waals surface area contributed by atoms with Gasteiger partial charge in [0.25, 0.3) is 11.1 Å². The summed E-state index contributed by atoms with van der Waals surface area (Å²) in [6.45, 7) is 5.55. The first-order valence-electron chi connectivity index (χ1n) is 11.4. The lowest BCUT2D eigenvalue weighted by Crippen LogP contribution is -2.43. The van der Waals surface area contributed by atoms with Crippen LogP contribution in [0.1, 0.15) is 26.3 Å². The largest absolute Gasteiger partial charge is 0.506 e. The number of benzene rings is 2. The first-order valence-corrected chi connectivity index (χ1v) is 12.3. The van der Waals surface area contributed by atoms with Gasteiger partial charge in [-0.05, 0) is 56.7 Å². The molecule has 1 unspecified atom stereocenters. The second kappa shape index (κ2) is 12.0. The number of carbonyl (C=O) groups excluding carboxylic acids is 3. The summed E-state index contributed by atoms with van der Waals surface area (Å²) in [5.74, 6) is -0.396. The van der Waals surface area contributed by atoms with Crippen LogP contribution < -0.4 is 15.4 Å². The fraction of sp³-hybridized carbons (Fsp3) is 0.400. The van der Waals surface area contributed by atoms with Crippen molar-refractivity contribution in [2.45, 2.75) is 44.3 Å². The van der Waals surface area contributed by atoms with E-state index in [4.69, 9.17) is 9.47 Å². The van der Waals surface area contributed by atoms with Crippen LogP contribution in [-0.4, -0.2) is 69.1 Å². The monoisotopic (exact) mass is 517 g/mol. The second-order valence-corrected chi connectivity index (χ2v) is 10.3. The van der Waals surface area contributed by atoms with Gasteiger partial charge in [-0.1, -0.05) is 30.3 Å². The Morgan fingerprint density at radius 1 is 1.19 bits per heavy atom. The van der Waals surface area contributed by atoms with Gasteiger partial charge in [0, 0.05) is 12.6 Å². The molecule has 1 aliphatic heterocycles. The minimum absolute atomic E-state index is 0.00455. The van der Waals surface area contributed by atoms with Gasteiger partial charge in [0.1, 0.15) is 29.8 Å². The SMILES string of the molecule is CC(C)(C)OC(=O)N(CCc1ccccc1)C[C@H](O)COc1ccc(NC2SC(=O)NC2=O)c(O)c1. The van der Waals surface area contributed by atoms with E-state index in [9.17, 15) is 24.6 Å². The molecule has 1 fully saturated rings. The number of aliphatic hydroxyl groups is 1. The molecule has 1 aliphatic rings. The number of hydrogen-bond acceptors (Lipinski definition) is 9. The third-order valence-electron chi connectivity index (χ3n) is 4.98. The summed E-state index contributed by atoms with van der Waals surface area (Å²) in [4.78, 5) is 37.2. The van der Waals surface area contributed by atoms with Gasteiger partial charge < -0.3 is 29.9 Å². The normalized spacial score (nSPS) is 16.3. The molecule has 36 heavy (non-hydrogen) atoms. The van der Waals surface area contributed by atoms with E-state index in [0.29, 0.717) is 13.0 Å². The summed E-state index contributed by atoms with van der Waals surface area (Å²) in [6, 6.07) is 14.1. The number of phenolic OH excluding ortho intramolecular Hbond substituents is 1. The molecule has 2 aromatic carbocycles. The highest BCUT2D eigenvalue weighted by molar-refractivity contribution is 8.15. The quantitative estimate of drug-likeness (QED) is 0.350. The number of imide groups is 1. The van der Waals surface area contributed by atoms with Crippen molar-refractivity contribution in [1.29, 1.82) is 0 Å². The lowest BCUT2D eigenvalue weighted by atomic mass is 10.1. The molecule has 0 saturated carbocycles. The maximum atomic E-state index is 12.7. The lowest BCUT2D eigenvalue weighted by molar-refractivity contribution is -0.118. The van der Waals surface area contributed by atoms with Crippen molar-refractivity contribution in [2.75, 3.05) is 25.0 Å². The van der Waals surface area contributed by atoms with E-state index >= 15 is 0 Å². The van der Waals surface area contributed by atoms with Crippen LogP contribution in [0, 0.1) is 0 Å². The molecular weight excluding hydrogens is 486 g/mol. The molecule has 1 heterocycles. The highest BCUT2D eigenvalue weighted by Gasteiger charge is 2.32. The van der Waals surface area contributed by atoms with Gasteiger partial charge >= 0.3 is 6.09 Å². The van der Waals surface area contributed by atoms with Crippen molar-refractivity contribution >= 4 is 34.7 Å². The predicted octanol–water partition coefficient (Wildman–Crippen LogP) is 3.33. The van der Waals surface area contributed by atoms with Crippen LogP contribution in [0.2, 0.25) is 0 Å². The number of nitrogens with zero attached hydrogens (tertiary/aromatic N) is 1. The maximum Gasteiger partial charge on any atom is 0.410 e. The van der Waals surface area contributed by atoms with E-state index in [-0.39, 0.29) is 30.3 Å². The number of nitrogens with one attached hydrogen (secondary N) is 2. The zero-order valence-electron chi connectivity index (χ0n) is 20.4. The zero-order chi connectivity index (χ0) is 26.3. The van der Waals surface area contributed by atoms with Gasteiger partial charge in [-0.2, -0.15) is 0 Å². The number of rotatable bonds is 10. The third kappa shape index (κ3) is 8.35. The third-order valence-corrected chi connectivity index (χ3v) is 5.87. The molecule has 0 aliphatic carbocycles. The number of hydrogen-bond donors (Lipinski definition) is 4. The number of thioether (sulfide) groups is 1. The van der Waals surface area contributed by atoms with Crippen LogP contribution in [0.4, 0.5) is 15.3 Å². The Kier molecular flexibility index (Phi) is 9.05. The van der Waals surface area contributed by atoms with Gasteiger partial charge in [0.2, 0.25) is 0 Å². The van der Waals surface area contributed by atoms with Crippen molar-refractivity contribution in [3.8, 4) is 11.5 Å². The minimum Gasteiger partial charge on any atom is -0.506 e. The summed E-state index contributed by atoms with van der Waals surface area (Å²) >= 11 is 0.781. The molecule has 10 nitrogen and oxygen atoms in total. The van der Waals surface area contributed by atoms with Gasteiger partial charge in [-0.15, -0.1) is 0 Å². The first-order chi connectivity index (χ1) is 17.0. The van der Waals surface area contributed by atoms with Crippen molar-refractivity contribution in [1.82, 2.24) is 10.2 Å². The molecule has 2 aromatic rings. The number of carbonyl (C=O) groups is 3. The van der Waals surface area contributed by atoms with Crippen LogP contribution in [-0.2, 0) is 16.0 Å². The average molecular weight is 518 g/mol. The maximum absolute atomic E-state index is 12.7. The summed E-state index contributed by atoms with van der Waals surface area (Å²) in [7, 11) is 0. The van der Waals surface area contributed by atoms with Crippen LogP contribution in [0.3, 0.4) is 0 Å². The number of phenols is 1. The number of amides is 3. The van der Waals surface area contributed by atoms with Gasteiger partial charge in [-0.25, -0.2) is 4.79 Å². The van der Waals surface area contributed by atoms with E-state index in [1.54, 1.807) is 26.8 Å². The molecule has 0 aromatic heterocycles. The predicted molar refractivity (Wildman–Crippen MR) is 136 cm³/mol. The van der Waals surface area contributed by atoms with Crippen LogP contribution >= 0.6 is 11.8 Å². The van der Waals surface area contributed by atoms with Gasteiger partial charge in [0.05, 0.1) is 12.2 Å². The molecule has 194 valence electrons. The molecular formula is C25H31N3O7S. The highest BCUT2D eigenvalue weighted by atomic mass is 32.2. The molecule has 0 bridgehead atoms. The molecule has 3 rings (SSSR count). The Morgan fingerprint density at radius 3 is 2.53 bits per heavy atom.